The average Bonchev–Trinajstić information content (AvgIpc) is 2.36. The summed E-state index contributed by atoms with van der Waals surface area (Å²) in [6, 6.07) is 3.63. The van der Waals surface area contributed by atoms with Gasteiger partial charge in [-0.15, -0.1) is 0 Å². The summed E-state index contributed by atoms with van der Waals surface area (Å²) in [4.78, 5) is 0. The van der Waals surface area contributed by atoms with Crippen LogP contribution in [0, 0.1) is 3.57 Å². The molecule has 0 radical (unpaired) electrons. The maximum absolute atomic E-state index is 8.78. The van der Waals surface area contributed by atoms with Gasteiger partial charge in [-0.2, -0.15) is 5.10 Å². The van der Waals surface area contributed by atoms with Gasteiger partial charge in [-0.3, -0.25) is 5.43 Å². The molecule has 4 N–H and O–H groups in total. The molecule has 6 nitrogen and oxygen atoms in total. The van der Waals surface area contributed by atoms with Crippen LogP contribution in [0.3, 0.4) is 0 Å². The minimum Gasteiger partial charge on any atom is -0.493 e. The molecule has 0 heterocycles. The highest BCUT2D eigenvalue weighted by atomic mass is 127. The Morgan fingerprint density at radius 2 is 2.37 bits per heavy atom. The zero-order valence-electron chi connectivity index (χ0n) is 10.2. The van der Waals surface area contributed by atoms with Crippen molar-refractivity contribution in [1.29, 1.82) is 0 Å². The Balaban J connectivity index is 2.95. The maximum Gasteiger partial charge on any atom is 0.184 e. The summed E-state index contributed by atoms with van der Waals surface area (Å²) >= 11 is 6.76. The summed E-state index contributed by atoms with van der Waals surface area (Å²) in [5.41, 5.74) is 8.54. The molecule has 1 aromatic carbocycles. The number of ether oxygens (including phenoxy) is 2. The fourth-order valence-corrected chi connectivity index (χ4v) is 2.11. The third-order valence-electron chi connectivity index (χ3n) is 1.98. The van der Waals surface area contributed by atoms with Gasteiger partial charge in [-0.25, -0.2) is 0 Å². The van der Waals surface area contributed by atoms with Crippen molar-refractivity contribution < 1.29 is 14.6 Å². The Bertz CT molecular complexity index is 482. The van der Waals surface area contributed by atoms with Gasteiger partial charge in [0, 0.05) is 0 Å². The van der Waals surface area contributed by atoms with E-state index in [-0.39, 0.29) is 18.3 Å². The van der Waals surface area contributed by atoms with Crippen molar-refractivity contribution >= 4 is 46.1 Å². The topological polar surface area (TPSA) is 89.1 Å². The second-order valence-electron chi connectivity index (χ2n) is 3.34. The van der Waals surface area contributed by atoms with Gasteiger partial charge in [-0.1, -0.05) is 0 Å². The smallest absolute Gasteiger partial charge is 0.184 e. The highest BCUT2D eigenvalue weighted by Gasteiger charge is 2.10. The third kappa shape index (κ3) is 5.17. The van der Waals surface area contributed by atoms with Crippen LogP contribution in [0.2, 0.25) is 0 Å². The number of aliphatic hydroxyl groups excluding tert-OH is 1. The van der Waals surface area contributed by atoms with Gasteiger partial charge in [0.2, 0.25) is 0 Å². The maximum atomic E-state index is 8.78. The van der Waals surface area contributed by atoms with Crippen LogP contribution in [-0.4, -0.2) is 36.8 Å². The molecule has 19 heavy (non-hydrogen) atoms. The van der Waals surface area contributed by atoms with Crippen LogP contribution >= 0.6 is 34.8 Å². The number of nitrogens with two attached hydrogens (primary N) is 1. The number of nitrogens with zero attached hydrogens (tertiary/aromatic N) is 1. The van der Waals surface area contributed by atoms with Crippen molar-refractivity contribution in [3.63, 3.8) is 0 Å². The van der Waals surface area contributed by atoms with Gasteiger partial charge in [0.1, 0.15) is 6.61 Å². The highest BCUT2D eigenvalue weighted by molar-refractivity contribution is 14.1. The number of methoxy groups -OCH3 is 1. The van der Waals surface area contributed by atoms with E-state index < -0.39 is 0 Å². The first-order chi connectivity index (χ1) is 9.08. The normalized spacial score (nSPS) is 10.5. The van der Waals surface area contributed by atoms with Crippen molar-refractivity contribution in [3.05, 3.63) is 21.3 Å². The molecule has 104 valence electrons. The predicted molar refractivity (Wildman–Crippen MR) is 85.8 cm³/mol. The van der Waals surface area contributed by atoms with E-state index in [1.54, 1.807) is 19.4 Å². The molecule has 0 bridgehead atoms. The standard InChI is InChI=1S/C11H14IN3O3S/c1-17-9-5-7(6-14-15-11(13)19)4-8(12)10(9)18-3-2-16/h4-6,16H,2-3H2,1H3,(H3,13,15,19)/b14-6+. The molecule has 0 aliphatic heterocycles. The van der Waals surface area contributed by atoms with Crippen LogP contribution in [0.5, 0.6) is 11.5 Å². The predicted octanol–water partition coefficient (Wildman–Crippen LogP) is 0.838. The number of benzene rings is 1. The third-order valence-corrected chi connectivity index (χ3v) is 2.87. The molecule has 0 aliphatic rings. The molecular weight excluding hydrogens is 381 g/mol. The van der Waals surface area contributed by atoms with Crippen molar-refractivity contribution in [3.8, 4) is 11.5 Å². The van der Waals surface area contributed by atoms with Gasteiger partial charge in [-0.05, 0) is 52.5 Å². The van der Waals surface area contributed by atoms with Crippen molar-refractivity contribution in [1.82, 2.24) is 5.43 Å². The zero-order chi connectivity index (χ0) is 14.3. The first-order valence-electron chi connectivity index (χ1n) is 5.28. The van der Waals surface area contributed by atoms with E-state index >= 15 is 0 Å². The number of aliphatic hydroxyl groups is 1. The minimum absolute atomic E-state index is 0.0552. The summed E-state index contributed by atoms with van der Waals surface area (Å²) in [5, 5.41) is 12.7. The Hall–Kier alpha value is -1.13. The largest absolute Gasteiger partial charge is 0.493 e. The van der Waals surface area contributed by atoms with Crippen LogP contribution < -0.4 is 20.6 Å². The molecule has 0 saturated heterocycles. The first kappa shape index (κ1) is 15.9. The van der Waals surface area contributed by atoms with Gasteiger partial charge in [0.15, 0.2) is 16.6 Å². The number of hydrogen-bond acceptors (Lipinski definition) is 5. The van der Waals surface area contributed by atoms with E-state index in [4.69, 9.17) is 20.3 Å². The fraction of sp³-hybridized carbons (Fsp3) is 0.273. The monoisotopic (exact) mass is 395 g/mol. The van der Waals surface area contributed by atoms with Crippen LogP contribution in [-0.2, 0) is 0 Å². The van der Waals surface area contributed by atoms with E-state index in [1.807, 2.05) is 6.07 Å². The van der Waals surface area contributed by atoms with E-state index in [0.717, 1.165) is 9.13 Å². The molecule has 8 heteroatoms. The molecule has 0 saturated carbocycles. The molecule has 0 unspecified atom stereocenters. The van der Waals surface area contributed by atoms with Crippen LogP contribution in [0.4, 0.5) is 0 Å². The molecule has 1 aromatic rings. The summed E-state index contributed by atoms with van der Waals surface area (Å²) in [6.07, 6.45) is 1.57. The lowest BCUT2D eigenvalue weighted by molar-refractivity contribution is 0.195. The quantitative estimate of drug-likeness (QED) is 0.286. The number of nitrogens with one attached hydrogen (secondary N) is 1. The van der Waals surface area contributed by atoms with Gasteiger partial charge in [0.05, 0.1) is 23.5 Å². The first-order valence-corrected chi connectivity index (χ1v) is 6.77. The molecular formula is C11H14IN3O3S. The Kier molecular flexibility index (Phi) is 6.81. The van der Waals surface area contributed by atoms with Crippen LogP contribution in [0.1, 0.15) is 5.56 Å². The Labute approximate surface area is 130 Å². The van der Waals surface area contributed by atoms with Gasteiger partial charge < -0.3 is 20.3 Å². The fourth-order valence-electron chi connectivity index (χ4n) is 1.27. The minimum atomic E-state index is -0.0552. The van der Waals surface area contributed by atoms with E-state index in [0.29, 0.717) is 11.5 Å². The number of hydrazone groups is 1. The molecule has 1 rings (SSSR count). The molecule has 0 aromatic heterocycles. The summed E-state index contributed by atoms with van der Waals surface area (Å²) in [7, 11) is 1.55. The average molecular weight is 395 g/mol. The number of thiocarbonyl (C=S) groups is 1. The van der Waals surface area contributed by atoms with Crippen molar-refractivity contribution in [2.24, 2.45) is 10.8 Å². The number of halogens is 1. The van der Waals surface area contributed by atoms with E-state index in [1.165, 1.54) is 0 Å². The summed E-state index contributed by atoms with van der Waals surface area (Å²) in [6.45, 7) is 0.156. The summed E-state index contributed by atoms with van der Waals surface area (Å²) in [5.74, 6) is 1.16. The van der Waals surface area contributed by atoms with Gasteiger partial charge in [0.25, 0.3) is 0 Å². The molecule has 0 spiro atoms. The molecule has 0 aliphatic carbocycles. The highest BCUT2D eigenvalue weighted by Crippen LogP contribution is 2.33. The Morgan fingerprint density at radius 3 is 2.95 bits per heavy atom. The molecule has 0 fully saturated rings. The lowest BCUT2D eigenvalue weighted by Crippen LogP contribution is -2.24. The Morgan fingerprint density at radius 1 is 1.63 bits per heavy atom. The lowest BCUT2D eigenvalue weighted by Gasteiger charge is -2.12. The second kappa shape index (κ2) is 8.12. The molecule has 0 amide bonds. The lowest BCUT2D eigenvalue weighted by atomic mass is 10.2. The van der Waals surface area contributed by atoms with Gasteiger partial charge >= 0.3 is 0 Å². The molecule has 0 atom stereocenters. The zero-order valence-corrected chi connectivity index (χ0v) is 13.2. The number of hydrogen-bond donors (Lipinski definition) is 3. The van der Waals surface area contributed by atoms with Crippen molar-refractivity contribution in [2.45, 2.75) is 0 Å². The number of rotatable bonds is 6. The second-order valence-corrected chi connectivity index (χ2v) is 4.94. The summed E-state index contributed by atoms with van der Waals surface area (Å²) < 4.78 is 11.5. The van der Waals surface area contributed by atoms with Crippen LogP contribution in [0.15, 0.2) is 17.2 Å². The van der Waals surface area contributed by atoms with Crippen molar-refractivity contribution in [2.75, 3.05) is 20.3 Å². The van der Waals surface area contributed by atoms with Crippen LogP contribution in [0.25, 0.3) is 0 Å². The van der Waals surface area contributed by atoms with E-state index in [2.05, 4.69) is 45.3 Å². The van der Waals surface area contributed by atoms with E-state index in [9.17, 15) is 0 Å². The SMILES string of the molecule is COc1cc(/C=N/NC(N)=S)cc(I)c1OCCO.